The molecule has 7 rings (SSSR count). The Kier molecular flexibility index (Phi) is 9.93. The smallest absolute Gasteiger partial charge is 0.293 e. The maximum absolute atomic E-state index is 10.9. The molecule has 12 nitrogen and oxygen atoms in total. The molecule has 4 heterocycles. The fourth-order valence-electron chi connectivity index (χ4n) is 5.99. The number of benzene rings is 2. The molecule has 0 spiro atoms. The predicted molar refractivity (Wildman–Crippen MR) is 159 cm³/mol. The zero-order valence-electron chi connectivity index (χ0n) is 24.9. The zero-order valence-corrected chi connectivity index (χ0v) is 25.7. The van der Waals surface area contributed by atoms with E-state index in [0.29, 0.717) is 30.3 Å². The molecule has 2 aromatic carbocycles. The number of aryl methyl sites for hydroxylation is 1. The van der Waals surface area contributed by atoms with E-state index in [1.165, 1.54) is 14.2 Å². The van der Waals surface area contributed by atoms with Gasteiger partial charge in [0.25, 0.3) is 6.47 Å². The van der Waals surface area contributed by atoms with Gasteiger partial charge >= 0.3 is 0 Å². The highest BCUT2D eigenvalue weighted by atomic mass is 32.1. The Bertz CT molecular complexity index is 1410. The Morgan fingerprint density at radius 1 is 1.04 bits per heavy atom. The third-order valence-electron chi connectivity index (χ3n) is 8.21. The zero-order chi connectivity index (χ0) is 31.3. The number of thiophene rings is 1. The van der Waals surface area contributed by atoms with Crippen molar-refractivity contribution in [1.82, 2.24) is 0 Å². The van der Waals surface area contributed by atoms with Gasteiger partial charge in [-0.05, 0) is 59.7 Å². The fourth-order valence-corrected chi connectivity index (χ4v) is 6.69. The monoisotopic (exact) mass is 644 g/mol. The van der Waals surface area contributed by atoms with Gasteiger partial charge in [-0.15, -0.1) is 11.3 Å². The largest absolute Gasteiger partial charge is 0.502 e. The maximum Gasteiger partial charge on any atom is 0.293 e. The minimum Gasteiger partial charge on any atom is -0.502 e. The van der Waals surface area contributed by atoms with Crippen LogP contribution in [0, 0.1) is 5.92 Å². The number of aromatic hydroxyl groups is 1. The summed E-state index contributed by atoms with van der Waals surface area (Å²) in [5.41, 5.74) is 2.07. The third-order valence-corrected chi connectivity index (χ3v) is 9.10. The van der Waals surface area contributed by atoms with Crippen LogP contribution in [0.5, 0.6) is 28.7 Å². The lowest BCUT2D eigenvalue weighted by Crippen LogP contribution is -2.55. The molecule has 13 heteroatoms. The molecule has 2 saturated heterocycles. The standard InChI is InChI=1S/C24H26O9S.C8H10O3/c25-11-27-9-14-4-3-13-6-17-18(30-12-29-17)7-15(13)22(14)32-21-8-16(26)23-19(31-21)10-28-24(33-23)20-2-1-5-34-20;1-10-6-4-3-5-7(11-2)8(6)9/h1-2,5-7,11,14,16,19,21-24,26H,3-4,8-10,12H2;3-5,9H,1-2H3/t14?,16?,19?,21?,22?,23?,24-;/m1./s1. The number of phenolic OH excluding ortho intramolecular Hbond substituents is 1. The molecule has 7 atom stereocenters. The van der Waals surface area contributed by atoms with Crippen LogP contribution < -0.4 is 18.9 Å². The van der Waals surface area contributed by atoms with Crippen LogP contribution in [0.15, 0.2) is 47.8 Å². The second-order valence-corrected chi connectivity index (χ2v) is 11.9. The van der Waals surface area contributed by atoms with Gasteiger partial charge in [-0.25, -0.2) is 0 Å². The quantitative estimate of drug-likeness (QED) is 0.339. The minimum atomic E-state index is -0.764. The number of carbonyl (C=O) groups excluding carboxylic acids is 1. The minimum absolute atomic E-state index is 0.0394. The second kappa shape index (κ2) is 14.2. The van der Waals surface area contributed by atoms with E-state index in [0.717, 1.165) is 34.6 Å². The van der Waals surface area contributed by atoms with Crippen LogP contribution in [0.25, 0.3) is 0 Å². The summed E-state index contributed by atoms with van der Waals surface area (Å²) < 4.78 is 50.5. The van der Waals surface area contributed by atoms with Crippen LogP contribution >= 0.6 is 11.3 Å². The highest BCUT2D eigenvalue weighted by Crippen LogP contribution is 2.46. The Morgan fingerprint density at radius 3 is 2.53 bits per heavy atom. The van der Waals surface area contributed by atoms with E-state index in [1.54, 1.807) is 29.5 Å². The van der Waals surface area contributed by atoms with Gasteiger partial charge in [0, 0.05) is 12.3 Å². The van der Waals surface area contributed by atoms with E-state index in [-0.39, 0.29) is 31.5 Å². The van der Waals surface area contributed by atoms with Crippen molar-refractivity contribution in [2.75, 3.05) is 34.2 Å². The van der Waals surface area contributed by atoms with Gasteiger partial charge in [-0.1, -0.05) is 12.1 Å². The third kappa shape index (κ3) is 6.83. The maximum atomic E-state index is 10.9. The van der Waals surface area contributed by atoms with Gasteiger partial charge in [0.2, 0.25) is 12.5 Å². The van der Waals surface area contributed by atoms with E-state index in [1.807, 2.05) is 29.6 Å². The average molecular weight is 645 g/mol. The van der Waals surface area contributed by atoms with Crippen LogP contribution in [0.3, 0.4) is 0 Å². The van der Waals surface area contributed by atoms with Crippen molar-refractivity contribution < 1.29 is 57.6 Å². The molecule has 4 aliphatic rings. The molecule has 0 amide bonds. The topological polar surface area (TPSA) is 141 Å². The summed E-state index contributed by atoms with van der Waals surface area (Å²) in [6.45, 7) is 1.17. The Balaban J connectivity index is 0.000000276. The van der Waals surface area contributed by atoms with Gasteiger partial charge in [0.15, 0.2) is 35.6 Å². The van der Waals surface area contributed by atoms with Crippen LogP contribution in [-0.2, 0) is 34.9 Å². The summed E-state index contributed by atoms with van der Waals surface area (Å²) in [5.74, 6) is 2.22. The lowest BCUT2D eigenvalue weighted by atomic mass is 9.81. The number of carbonyl (C=O) groups is 1. The summed E-state index contributed by atoms with van der Waals surface area (Å²) in [5, 5.41) is 22.2. The summed E-state index contributed by atoms with van der Waals surface area (Å²) >= 11 is 1.55. The molecule has 2 fully saturated rings. The Labute approximate surface area is 264 Å². The van der Waals surface area contributed by atoms with E-state index >= 15 is 0 Å². The number of phenols is 1. The van der Waals surface area contributed by atoms with E-state index in [4.69, 9.17) is 42.6 Å². The highest BCUT2D eigenvalue weighted by molar-refractivity contribution is 7.10. The van der Waals surface area contributed by atoms with Gasteiger partial charge in [0.05, 0.1) is 44.5 Å². The number of para-hydroxylation sites is 1. The SMILES string of the molecule is COc1cccc(OC)c1O.O=COCC1CCc2cc3c(cc2C1OC1CC(O)C2O[C@H](c4cccs4)OCC2O1)OCO3. The van der Waals surface area contributed by atoms with Gasteiger partial charge in [-0.2, -0.15) is 0 Å². The van der Waals surface area contributed by atoms with Crippen LogP contribution in [0.4, 0.5) is 0 Å². The number of aliphatic hydroxyl groups excluding tert-OH is 1. The van der Waals surface area contributed by atoms with E-state index < -0.39 is 37.0 Å². The number of fused-ring (bicyclic) bond motifs is 3. The average Bonchev–Trinajstić information content (AvgIpc) is 3.77. The van der Waals surface area contributed by atoms with Crippen molar-refractivity contribution >= 4 is 17.8 Å². The van der Waals surface area contributed by atoms with Crippen molar-refractivity contribution in [3.63, 3.8) is 0 Å². The van der Waals surface area contributed by atoms with Crippen molar-refractivity contribution in [2.45, 2.75) is 56.3 Å². The highest BCUT2D eigenvalue weighted by Gasteiger charge is 2.46. The van der Waals surface area contributed by atoms with Crippen LogP contribution in [0.2, 0.25) is 0 Å². The molecule has 6 unspecified atom stereocenters. The molecule has 45 heavy (non-hydrogen) atoms. The number of aliphatic hydroxyl groups is 1. The second-order valence-electron chi connectivity index (χ2n) is 10.9. The first-order chi connectivity index (χ1) is 22.0. The Morgan fingerprint density at radius 2 is 1.82 bits per heavy atom. The molecule has 3 aliphatic heterocycles. The number of hydrogen-bond acceptors (Lipinski definition) is 13. The predicted octanol–water partition coefficient (Wildman–Crippen LogP) is 4.27. The molecule has 0 saturated carbocycles. The molecular weight excluding hydrogens is 608 g/mol. The first-order valence-electron chi connectivity index (χ1n) is 14.7. The van der Waals surface area contributed by atoms with Crippen molar-refractivity contribution in [2.24, 2.45) is 5.92 Å². The fraction of sp³-hybridized carbons (Fsp3) is 0.469. The first-order valence-corrected chi connectivity index (χ1v) is 15.5. The van der Waals surface area contributed by atoms with Gasteiger partial charge < -0.3 is 52.8 Å². The summed E-state index contributed by atoms with van der Waals surface area (Å²) in [6, 6.07) is 12.9. The first kappa shape index (κ1) is 31.4. The summed E-state index contributed by atoms with van der Waals surface area (Å²) in [7, 11) is 2.99. The van der Waals surface area contributed by atoms with Crippen LogP contribution in [0.1, 0.15) is 41.2 Å². The number of rotatable bonds is 8. The number of hydrogen-bond donors (Lipinski definition) is 2. The van der Waals surface area contributed by atoms with Crippen LogP contribution in [-0.4, -0.2) is 75.5 Å². The van der Waals surface area contributed by atoms with Gasteiger partial charge in [0.1, 0.15) is 12.2 Å². The molecule has 0 radical (unpaired) electrons. The molecule has 0 bridgehead atoms. The molecule has 1 aliphatic carbocycles. The molecule has 1 aromatic heterocycles. The van der Waals surface area contributed by atoms with Crippen molar-refractivity contribution in [3.8, 4) is 28.7 Å². The van der Waals surface area contributed by atoms with Crippen molar-refractivity contribution in [1.29, 1.82) is 0 Å². The summed E-state index contributed by atoms with van der Waals surface area (Å²) in [4.78, 5) is 11.8. The molecule has 2 N–H and O–H groups in total. The number of ether oxygens (including phenoxy) is 9. The number of methoxy groups -OCH3 is 2. The molecular formula is C32H36O12S. The normalized spacial score (nSPS) is 28.1. The van der Waals surface area contributed by atoms with Gasteiger partial charge in [-0.3, -0.25) is 4.79 Å². The lowest BCUT2D eigenvalue weighted by molar-refractivity contribution is -0.344. The van der Waals surface area contributed by atoms with E-state index in [9.17, 15) is 15.0 Å². The molecule has 3 aromatic rings. The lowest BCUT2D eigenvalue weighted by Gasteiger charge is -2.45. The van der Waals surface area contributed by atoms with Crippen molar-refractivity contribution in [3.05, 3.63) is 63.8 Å². The van der Waals surface area contributed by atoms with E-state index in [2.05, 4.69) is 0 Å². The Hall–Kier alpha value is -3.59. The summed E-state index contributed by atoms with van der Waals surface area (Å²) in [6.07, 6.45) is -1.42. The molecule has 242 valence electrons.